The molecule has 1 N–H and O–H groups in total. The van der Waals surface area contributed by atoms with Crippen molar-refractivity contribution in [2.24, 2.45) is 0 Å². The number of rotatable bonds is 8. The number of hydrogen-bond donors (Lipinski definition) is 1. The fraction of sp³-hybridized carbons (Fsp3) is 0.263. The number of aryl methyl sites for hydroxylation is 1. The lowest BCUT2D eigenvalue weighted by molar-refractivity contribution is -0.147. The Bertz CT molecular complexity index is 803. The number of esters is 1. The van der Waals surface area contributed by atoms with E-state index in [0.717, 1.165) is 5.56 Å². The van der Waals surface area contributed by atoms with Gasteiger partial charge in [-0.15, -0.1) is 0 Å². The molecule has 27 heavy (non-hydrogen) atoms. The van der Waals surface area contributed by atoms with Crippen LogP contribution in [0.5, 0.6) is 11.5 Å². The zero-order chi connectivity index (χ0) is 19.8. The zero-order valence-corrected chi connectivity index (χ0v) is 16.4. The van der Waals surface area contributed by atoms with Gasteiger partial charge >= 0.3 is 5.97 Å². The summed E-state index contributed by atoms with van der Waals surface area (Å²) >= 11 is 11.7. The highest BCUT2D eigenvalue weighted by Crippen LogP contribution is 2.25. The molecule has 0 unspecified atom stereocenters. The number of nitrogens with one attached hydrogen (secondary N) is 1. The van der Waals surface area contributed by atoms with Gasteiger partial charge in [0.2, 0.25) is 0 Å². The zero-order valence-electron chi connectivity index (χ0n) is 14.9. The van der Waals surface area contributed by atoms with Crippen molar-refractivity contribution in [1.82, 2.24) is 0 Å². The summed E-state index contributed by atoms with van der Waals surface area (Å²) in [7, 11) is 3.11. The Labute approximate surface area is 167 Å². The van der Waals surface area contributed by atoms with Crippen LogP contribution in [0.25, 0.3) is 0 Å². The molecule has 0 aliphatic heterocycles. The highest BCUT2D eigenvalue weighted by Gasteiger charge is 2.10. The SMILES string of the molecule is COc1cc(CCC(=O)OCC(=O)Nc2ccc(Cl)c(Cl)c2)cc(OC)c1. The third-order valence-corrected chi connectivity index (χ3v) is 4.34. The van der Waals surface area contributed by atoms with Crippen molar-refractivity contribution in [2.75, 3.05) is 26.1 Å². The molecule has 0 fully saturated rings. The number of ether oxygens (including phenoxy) is 3. The van der Waals surface area contributed by atoms with Gasteiger partial charge in [0, 0.05) is 18.2 Å². The number of hydrogen-bond acceptors (Lipinski definition) is 5. The molecule has 0 radical (unpaired) electrons. The van der Waals surface area contributed by atoms with E-state index in [2.05, 4.69) is 5.32 Å². The van der Waals surface area contributed by atoms with Gasteiger partial charge in [-0.25, -0.2) is 0 Å². The normalized spacial score (nSPS) is 10.2. The van der Waals surface area contributed by atoms with Crippen LogP contribution < -0.4 is 14.8 Å². The molecule has 2 rings (SSSR count). The number of amides is 1. The van der Waals surface area contributed by atoms with Gasteiger partial charge in [-0.2, -0.15) is 0 Å². The number of halogens is 2. The Morgan fingerprint density at radius 2 is 1.63 bits per heavy atom. The van der Waals surface area contributed by atoms with Gasteiger partial charge in [0.15, 0.2) is 6.61 Å². The largest absolute Gasteiger partial charge is 0.497 e. The van der Waals surface area contributed by atoms with Gasteiger partial charge in [-0.05, 0) is 42.3 Å². The number of methoxy groups -OCH3 is 2. The van der Waals surface area contributed by atoms with Crippen LogP contribution in [-0.2, 0) is 20.7 Å². The molecule has 0 bridgehead atoms. The lowest BCUT2D eigenvalue weighted by atomic mass is 10.1. The average Bonchev–Trinajstić information content (AvgIpc) is 2.67. The van der Waals surface area contributed by atoms with E-state index >= 15 is 0 Å². The lowest BCUT2D eigenvalue weighted by Gasteiger charge is -2.09. The quantitative estimate of drug-likeness (QED) is 0.661. The first-order valence-corrected chi connectivity index (χ1v) is 8.79. The van der Waals surface area contributed by atoms with Crippen molar-refractivity contribution in [1.29, 1.82) is 0 Å². The van der Waals surface area contributed by atoms with Crippen molar-refractivity contribution in [2.45, 2.75) is 12.8 Å². The molecular formula is C19H19Cl2NO5. The highest BCUT2D eigenvalue weighted by atomic mass is 35.5. The number of anilines is 1. The second-order valence-electron chi connectivity index (χ2n) is 5.56. The van der Waals surface area contributed by atoms with Crippen molar-refractivity contribution in [3.63, 3.8) is 0 Å². The molecule has 0 saturated heterocycles. The van der Waals surface area contributed by atoms with Gasteiger partial charge in [-0.1, -0.05) is 23.2 Å². The van der Waals surface area contributed by atoms with E-state index in [0.29, 0.717) is 33.7 Å². The summed E-state index contributed by atoms with van der Waals surface area (Å²) in [6.07, 6.45) is 0.553. The minimum absolute atomic E-state index is 0.121. The summed E-state index contributed by atoms with van der Waals surface area (Å²) in [6, 6.07) is 10.0. The molecule has 144 valence electrons. The average molecular weight is 412 g/mol. The molecule has 0 heterocycles. The summed E-state index contributed by atoms with van der Waals surface area (Å²) < 4.78 is 15.4. The molecule has 2 aromatic carbocycles. The fourth-order valence-electron chi connectivity index (χ4n) is 2.25. The third-order valence-electron chi connectivity index (χ3n) is 3.60. The molecule has 0 aliphatic carbocycles. The summed E-state index contributed by atoms with van der Waals surface area (Å²) in [5.41, 5.74) is 1.33. The molecule has 2 aromatic rings. The number of carbonyl (C=O) groups excluding carboxylic acids is 2. The molecule has 6 nitrogen and oxygen atoms in total. The fourth-order valence-corrected chi connectivity index (χ4v) is 2.54. The van der Waals surface area contributed by atoms with Crippen molar-refractivity contribution >= 4 is 40.8 Å². The van der Waals surface area contributed by atoms with Crippen LogP contribution in [-0.4, -0.2) is 32.7 Å². The van der Waals surface area contributed by atoms with E-state index in [-0.39, 0.29) is 13.0 Å². The van der Waals surface area contributed by atoms with Crippen LogP contribution in [0.3, 0.4) is 0 Å². The number of carbonyl (C=O) groups is 2. The lowest BCUT2D eigenvalue weighted by Crippen LogP contribution is -2.21. The first-order valence-electron chi connectivity index (χ1n) is 8.03. The van der Waals surface area contributed by atoms with Crippen molar-refractivity contribution in [3.05, 3.63) is 52.0 Å². The predicted molar refractivity (Wildman–Crippen MR) is 104 cm³/mol. The molecule has 0 aliphatic rings. The summed E-state index contributed by atoms with van der Waals surface area (Å²) in [5, 5.41) is 3.28. The predicted octanol–water partition coefficient (Wildman–Crippen LogP) is 4.13. The van der Waals surface area contributed by atoms with Crippen LogP contribution >= 0.6 is 23.2 Å². The van der Waals surface area contributed by atoms with Gasteiger partial charge in [-0.3, -0.25) is 9.59 Å². The first-order chi connectivity index (χ1) is 12.9. The van der Waals surface area contributed by atoms with Crippen LogP contribution in [0.15, 0.2) is 36.4 Å². The van der Waals surface area contributed by atoms with E-state index in [1.807, 2.05) is 12.1 Å². The maximum Gasteiger partial charge on any atom is 0.306 e. The van der Waals surface area contributed by atoms with Gasteiger partial charge in [0.05, 0.1) is 24.3 Å². The van der Waals surface area contributed by atoms with E-state index in [1.54, 1.807) is 32.4 Å². The van der Waals surface area contributed by atoms with E-state index < -0.39 is 11.9 Å². The second kappa shape index (κ2) is 10.0. The Kier molecular flexibility index (Phi) is 7.76. The third kappa shape index (κ3) is 6.66. The molecule has 1 amide bonds. The molecule has 8 heteroatoms. The smallest absolute Gasteiger partial charge is 0.306 e. The summed E-state index contributed by atoms with van der Waals surface area (Å²) in [5.74, 6) is 0.323. The molecule has 0 atom stereocenters. The maximum atomic E-state index is 11.9. The highest BCUT2D eigenvalue weighted by molar-refractivity contribution is 6.42. The van der Waals surface area contributed by atoms with E-state index in [4.69, 9.17) is 37.4 Å². The monoisotopic (exact) mass is 411 g/mol. The van der Waals surface area contributed by atoms with Gasteiger partial charge in [0.1, 0.15) is 11.5 Å². The van der Waals surface area contributed by atoms with E-state index in [9.17, 15) is 9.59 Å². The molecule has 0 aromatic heterocycles. The van der Waals surface area contributed by atoms with Crippen LogP contribution in [0.1, 0.15) is 12.0 Å². The minimum Gasteiger partial charge on any atom is -0.497 e. The van der Waals surface area contributed by atoms with Crippen molar-refractivity contribution in [3.8, 4) is 11.5 Å². The van der Waals surface area contributed by atoms with Crippen LogP contribution in [0.4, 0.5) is 5.69 Å². The number of benzene rings is 2. The first kappa shape index (κ1) is 20.9. The standard InChI is InChI=1S/C19H19Cl2NO5/c1-25-14-7-12(8-15(10-14)26-2)3-6-19(24)27-11-18(23)22-13-4-5-16(20)17(21)9-13/h4-5,7-10H,3,6,11H2,1-2H3,(H,22,23). The summed E-state index contributed by atoms with van der Waals surface area (Å²) in [4.78, 5) is 23.7. The Hall–Kier alpha value is -2.44. The maximum absolute atomic E-state index is 11.9. The Morgan fingerprint density at radius 1 is 0.963 bits per heavy atom. The van der Waals surface area contributed by atoms with Crippen LogP contribution in [0.2, 0.25) is 10.0 Å². The Morgan fingerprint density at radius 3 is 2.22 bits per heavy atom. The van der Waals surface area contributed by atoms with Crippen molar-refractivity contribution < 1.29 is 23.8 Å². The van der Waals surface area contributed by atoms with Crippen LogP contribution in [0, 0.1) is 0 Å². The summed E-state index contributed by atoms with van der Waals surface area (Å²) in [6.45, 7) is -0.388. The minimum atomic E-state index is -0.485. The second-order valence-corrected chi connectivity index (χ2v) is 6.37. The molecule has 0 saturated carbocycles. The van der Waals surface area contributed by atoms with E-state index in [1.165, 1.54) is 6.07 Å². The topological polar surface area (TPSA) is 73.9 Å². The van der Waals surface area contributed by atoms with Gasteiger partial charge < -0.3 is 19.5 Å². The van der Waals surface area contributed by atoms with Gasteiger partial charge in [0.25, 0.3) is 5.91 Å². The molecular weight excluding hydrogens is 393 g/mol. The molecule has 0 spiro atoms. The Balaban J connectivity index is 1.80.